The zero-order valence-corrected chi connectivity index (χ0v) is 13.7. The number of carbonyl (C=O) groups excluding carboxylic acids is 2. The molecule has 0 radical (unpaired) electrons. The molecule has 0 aliphatic carbocycles. The van der Waals surface area contributed by atoms with Gasteiger partial charge in [0.2, 0.25) is 5.91 Å². The lowest BCUT2D eigenvalue weighted by Crippen LogP contribution is -3.16. The predicted octanol–water partition coefficient (Wildman–Crippen LogP) is -0.288. The van der Waals surface area contributed by atoms with Crippen LogP contribution in [0.4, 0.5) is 14.5 Å². The summed E-state index contributed by atoms with van der Waals surface area (Å²) >= 11 is 0. The highest BCUT2D eigenvalue weighted by Gasteiger charge is 2.27. The van der Waals surface area contributed by atoms with Gasteiger partial charge >= 0.3 is 0 Å². The molecule has 6 nitrogen and oxygen atoms in total. The number of amides is 2. The molecule has 1 aromatic rings. The minimum atomic E-state index is -1.05. The molecule has 0 saturated carbocycles. The van der Waals surface area contributed by atoms with Crippen molar-refractivity contribution in [3.63, 3.8) is 0 Å². The Hall–Kier alpha value is -2.06. The van der Waals surface area contributed by atoms with Crippen molar-refractivity contribution in [1.82, 2.24) is 5.32 Å². The molecule has 0 spiro atoms. The van der Waals surface area contributed by atoms with Crippen LogP contribution in [0.3, 0.4) is 0 Å². The number of hydrogen-bond donors (Lipinski definition) is 3. The van der Waals surface area contributed by atoms with Crippen LogP contribution >= 0.6 is 0 Å². The molecule has 0 bridgehead atoms. The summed E-state index contributed by atoms with van der Waals surface area (Å²) in [6.07, 6.45) is 0.182. The third-order valence-electron chi connectivity index (χ3n) is 3.68. The Balaban J connectivity index is 1.74. The SMILES string of the molecule is C[C@@H]1C[NH+](CC(=O)NCC(=O)Nc2ccc(F)c(F)c2)C[C@H](C)O1. The van der Waals surface area contributed by atoms with E-state index in [1.54, 1.807) is 0 Å². The van der Waals surface area contributed by atoms with Gasteiger partial charge in [0, 0.05) is 11.8 Å². The first kappa shape index (κ1) is 18.3. The molecule has 1 unspecified atom stereocenters. The van der Waals surface area contributed by atoms with Crippen LogP contribution in [0.1, 0.15) is 13.8 Å². The predicted molar refractivity (Wildman–Crippen MR) is 83.6 cm³/mol. The Bertz CT molecular complexity index is 602. The van der Waals surface area contributed by atoms with Crippen molar-refractivity contribution in [1.29, 1.82) is 0 Å². The maximum absolute atomic E-state index is 13.1. The summed E-state index contributed by atoms with van der Waals surface area (Å²) in [4.78, 5) is 24.8. The van der Waals surface area contributed by atoms with Gasteiger partial charge in [-0.05, 0) is 26.0 Å². The highest BCUT2D eigenvalue weighted by molar-refractivity contribution is 5.94. The van der Waals surface area contributed by atoms with Gasteiger partial charge in [-0.15, -0.1) is 0 Å². The highest BCUT2D eigenvalue weighted by atomic mass is 19.2. The van der Waals surface area contributed by atoms with E-state index in [1.807, 2.05) is 13.8 Å². The minimum absolute atomic E-state index is 0.0909. The fraction of sp³-hybridized carbons (Fsp3) is 0.500. The van der Waals surface area contributed by atoms with Gasteiger partial charge in [-0.1, -0.05) is 0 Å². The number of rotatable bonds is 5. The number of hydrogen-bond acceptors (Lipinski definition) is 3. The van der Waals surface area contributed by atoms with Crippen LogP contribution in [-0.4, -0.2) is 50.2 Å². The number of anilines is 1. The summed E-state index contributed by atoms with van der Waals surface area (Å²) in [6.45, 7) is 5.42. The fourth-order valence-electron chi connectivity index (χ4n) is 2.78. The molecule has 1 aliphatic rings. The monoisotopic (exact) mass is 342 g/mol. The molecule has 0 aromatic heterocycles. The lowest BCUT2D eigenvalue weighted by Gasteiger charge is -2.31. The van der Waals surface area contributed by atoms with E-state index in [1.165, 1.54) is 6.07 Å². The van der Waals surface area contributed by atoms with E-state index in [0.29, 0.717) is 0 Å². The lowest BCUT2D eigenvalue weighted by atomic mass is 10.2. The average molecular weight is 342 g/mol. The molecular formula is C16H22F2N3O3+. The van der Waals surface area contributed by atoms with Gasteiger partial charge in [0.1, 0.15) is 25.3 Å². The van der Waals surface area contributed by atoms with Crippen molar-refractivity contribution in [3.8, 4) is 0 Å². The number of halogens is 2. The summed E-state index contributed by atoms with van der Waals surface area (Å²) in [7, 11) is 0. The van der Waals surface area contributed by atoms with Crippen LogP contribution in [0.5, 0.6) is 0 Å². The van der Waals surface area contributed by atoms with Crippen LogP contribution in [0, 0.1) is 11.6 Å². The first-order valence-corrected chi connectivity index (χ1v) is 7.84. The number of morpholine rings is 1. The van der Waals surface area contributed by atoms with Crippen molar-refractivity contribution in [3.05, 3.63) is 29.8 Å². The highest BCUT2D eigenvalue weighted by Crippen LogP contribution is 2.12. The van der Waals surface area contributed by atoms with E-state index in [0.717, 1.165) is 30.1 Å². The quantitative estimate of drug-likeness (QED) is 0.689. The van der Waals surface area contributed by atoms with Gasteiger partial charge in [0.05, 0.1) is 6.54 Å². The van der Waals surface area contributed by atoms with Crippen molar-refractivity contribution in [2.24, 2.45) is 0 Å². The molecule has 24 heavy (non-hydrogen) atoms. The van der Waals surface area contributed by atoms with E-state index in [9.17, 15) is 18.4 Å². The van der Waals surface area contributed by atoms with E-state index >= 15 is 0 Å². The Morgan fingerprint density at radius 3 is 2.46 bits per heavy atom. The van der Waals surface area contributed by atoms with Gasteiger partial charge in [0.25, 0.3) is 5.91 Å². The van der Waals surface area contributed by atoms with Crippen molar-refractivity contribution >= 4 is 17.5 Å². The number of carbonyl (C=O) groups is 2. The molecule has 8 heteroatoms. The molecule has 1 fully saturated rings. The Labute approximate surface area is 139 Å². The van der Waals surface area contributed by atoms with E-state index in [2.05, 4.69) is 10.6 Å². The topological polar surface area (TPSA) is 71.9 Å². The maximum atomic E-state index is 13.1. The first-order valence-electron chi connectivity index (χ1n) is 7.84. The van der Waals surface area contributed by atoms with Crippen LogP contribution in [0.2, 0.25) is 0 Å². The molecule has 3 atom stereocenters. The summed E-state index contributed by atoms with van der Waals surface area (Å²) in [5.74, 6) is -2.78. The second-order valence-electron chi connectivity index (χ2n) is 6.05. The second-order valence-corrected chi connectivity index (χ2v) is 6.05. The molecule has 1 saturated heterocycles. The number of benzene rings is 1. The Morgan fingerprint density at radius 1 is 1.17 bits per heavy atom. The van der Waals surface area contributed by atoms with Gasteiger partial charge in [0.15, 0.2) is 18.2 Å². The number of quaternary nitrogens is 1. The first-order chi connectivity index (χ1) is 11.3. The van der Waals surface area contributed by atoms with Crippen LogP contribution in [0.25, 0.3) is 0 Å². The van der Waals surface area contributed by atoms with Crippen molar-refractivity contribution in [2.75, 3.05) is 31.5 Å². The summed E-state index contributed by atoms with van der Waals surface area (Å²) in [6, 6.07) is 3.06. The summed E-state index contributed by atoms with van der Waals surface area (Å²) in [5.41, 5.74) is 0.134. The van der Waals surface area contributed by atoms with Crippen LogP contribution in [-0.2, 0) is 14.3 Å². The van der Waals surface area contributed by atoms with Crippen LogP contribution < -0.4 is 15.5 Å². The third kappa shape index (κ3) is 5.54. The van der Waals surface area contributed by atoms with Gasteiger partial charge < -0.3 is 20.3 Å². The van der Waals surface area contributed by atoms with E-state index in [4.69, 9.17) is 4.74 Å². The number of ether oxygens (including phenoxy) is 1. The van der Waals surface area contributed by atoms with E-state index < -0.39 is 17.5 Å². The average Bonchev–Trinajstić information content (AvgIpc) is 2.48. The zero-order chi connectivity index (χ0) is 17.7. The number of nitrogens with one attached hydrogen (secondary N) is 3. The molecular weight excluding hydrogens is 320 g/mol. The molecule has 132 valence electrons. The largest absolute Gasteiger partial charge is 0.364 e. The maximum Gasteiger partial charge on any atom is 0.275 e. The fourth-order valence-corrected chi connectivity index (χ4v) is 2.78. The van der Waals surface area contributed by atoms with Crippen molar-refractivity contribution < 1.29 is 28.0 Å². The lowest BCUT2D eigenvalue weighted by molar-refractivity contribution is -0.907. The second kappa shape index (κ2) is 8.16. The van der Waals surface area contributed by atoms with Gasteiger partial charge in [-0.3, -0.25) is 9.59 Å². The van der Waals surface area contributed by atoms with Crippen molar-refractivity contribution in [2.45, 2.75) is 26.1 Å². The zero-order valence-electron chi connectivity index (χ0n) is 13.7. The molecule has 1 aliphatic heterocycles. The van der Waals surface area contributed by atoms with E-state index in [-0.39, 0.29) is 36.9 Å². The van der Waals surface area contributed by atoms with Gasteiger partial charge in [-0.25, -0.2) is 8.78 Å². The summed E-state index contributed by atoms with van der Waals surface area (Å²) < 4.78 is 31.5. The van der Waals surface area contributed by atoms with Crippen LogP contribution in [0.15, 0.2) is 18.2 Å². The molecule has 3 N–H and O–H groups in total. The Morgan fingerprint density at radius 2 is 1.83 bits per heavy atom. The molecule has 1 aromatic carbocycles. The Kier molecular flexibility index (Phi) is 6.22. The molecule has 2 rings (SSSR count). The normalized spacial score (nSPS) is 23.6. The summed E-state index contributed by atoms with van der Waals surface area (Å²) in [5, 5.41) is 4.92. The smallest absolute Gasteiger partial charge is 0.275 e. The third-order valence-corrected chi connectivity index (χ3v) is 3.68. The minimum Gasteiger partial charge on any atom is -0.364 e. The molecule has 1 heterocycles. The standard InChI is InChI=1S/C16H21F2N3O3/c1-10-7-21(8-11(2)24-10)9-16(23)19-6-15(22)20-12-3-4-13(17)14(18)5-12/h3-5,10-11H,6-9H2,1-2H3,(H,19,23)(H,20,22)/p+1/t10-,11+. The molecule has 2 amide bonds. The van der Waals surface area contributed by atoms with Gasteiger partial charge in [-0.2, -0.15) is 0 Å².